The van der Waals surface area contributed by atoms with Gasteiger partial charge in [0.15, 0.2) is 0 Å². The molecule has 1 fully saturated rings. The lowest BCUT2D eigenvalue weighted by atomic mass is 9.78. The number of hydrogen-bond donors (Lipinski definition) is 2. The molecule has 116 valence electrons. The van der Waals surface area contributed by atoms with Gasteiger partial charge in [0, 0.05) is 22.2 Å². The topological polar surface area (TPSA) is 49.3 Å². The van der Waals surface area contributed by atoms with E-state index in [-0.39, 0.29) is 12.5 Å². The number of benzene rings is 1. The van der Waals surface area contributed by atoms with Gasteiger partial charge in [-0.25, -0.2) is 0 Å². The van der Waals surface area contributed by atoms with Crippen LogP contribution in [0, 0.1) is 5.92 Å². The van der Waals surface area contributed by atoms with Crippen LogP contribution in [0.2, 0.25) is 10.0 Å². The predicted octanol–water partition coefficient (Wildman–Crippen LogP) is 4.05. The van der Waals surface area contributed by atoms with E-state index in [2.05, 4.69) is 12.2 Å². The molecule has 1 aromatic carbocycles. The molecule has 0 unspecified atom stereocenters. The molecule has 1 amide bonds. The lowest BCUT2D eigenvalue weighted by molar-refractivity contribution is -0.00786. The maximum absolute atomic E-state index is 12.1. The molecule has 0 saturated heterocycles. The molecule has 1 aromatic rings. The zero-order valence-electron chi connectivity index (χ0n) is 12.2. The molecular weight excluding hydrogens is 309 g/mol. The molecule has 0 radical (unpaired) electrons. The van der Waals surface area contributed by atoms with Crippen molar-refractivity contribution in [2.75, 3.05) is 6.54 Å². The van der Waals surface area contributed by atoms with Crippen LogP contribution in [0.3, 0.4) is 0 Å². The Balaban J connectivity index is 1.92. The summed E-state index contributed by atoms with van der Waals surface area (Å²) < 4.78 is 0. The van der Waals surface area contributed by atoms with Gasteiger partial charge in [0.25, 0.3) is 5.91 Å². The fourth-order valence-electron chi connectivity index (χ4n) is 2.83. The summed E-state index contributed by atoms with van der Waals surface area (Å²) in [5.41, 5.74) is -0.373. The molecule has 1 aliphatic rings. The predicted molar refractivity (Wildman–Crippen MR) is 86.0 cm³/mol. The van der Waals surface area contributed by atoms with E-state index in [4.69, 9.17) is 23.2 Å². The fraction of sp³-hybridized carbons (Fsp3) is 0.562. The summed E-state index contributed by atoms with van der Waals surface area (Å²) in [6, 6.07) is 4.72. The van der Waals surface area contributed by atoms with Gasteiger partial charge in [-0.15, -0.1) is 0 Å². The second-order valence-corrected chi connectivity index (χ2v) is 6.79. The minimum atomic E-state index is -0.788. The number of hydrogen-bond acceptors (Lipinski definition) is 2. The largest absolute Gasteiger partial charge is 0.388 e. The Hall–Kier alpha value is -0.770. The van der Waals surface area contributed by atoms with Gasteiger partial charge in [0.05, 0.1) is 5.60 Å². The van der Waals surface area contributed by atoms with Crippen LogP contribution in [-0.2, 0) is 0 Å². The Morgan fingerprint density at radius 1 is 1.29 bits per heavy atom. The number of nitrogens with one attached hydrogen (secondary N) is 1. The first kappa shape index (κ1) is 16.6. The number of rotatable bonds is 4. The molecule has 5 heteroatoms. The molecule has 0 heterocycles. The zero-order valence-corrected chi connectivity index (χ0v) is 13.7. The Labute approximate surface area is 135 Å². The number of aliphatic hydroxyl groups is 1. The van der Waals surface area contributed by atoms with E-state index in [1.165, 1.54) is 0 Å². The van der Waals surface area contributed by atoms with E-state index in [0.717, 1.165) is 32.1 Å². The first-order valence-electron chi connectivity index (χ1n) is 7.38. The molecule has 0 atom stereocenters. The summed E-state index contributed by atoms with van der Waals surface area (Å²) in [5.74, 6) is 0.443. The van der Waals surface area contributed by atoms with E-state index < -0.39 is 5.60 Å². The second-order valence-electron chi connectivity index (χ2n) is 5.92. The molecule has 0 bridgehead atoms. The lowest BCUT2D eigenvalue weighted by Crippen LogP contribution is -2.45. The van der Waals surface area contributed by atoms with Crippen LogP contribution in [0.15, 0.2) is 18.2 Å². The molecular formula is C16H21Cl2NO2. The highest BCUT2D eigenvalue weighted by Crippen LogP contribution is 2.33. The standard InChI is InChI=1S/C16H21Cl2NO2/c1-2-11-3-5-16(21,6-4-11)10-19-15(20)12-7-13(17)9-14(18)8-12/h7-9,11,21H,2-6,10H2,1H3,(H,19,20). The maximum Gasteiger partial charge on any atom is 0.251 e. The molecule has 0 spiro atoms. The average Bonchev–Trinajstić information content (AvgIpc) is 2.45. The summed E-state index contributed by atoms with van der Waals surface area (Å²) in [5, 5.41) is 14.2. The number of halogens is 2. The molecule has 0 aromatic heterocycles. The first-order chi connectivity index (χ1) is 9.92. The summed E-state index contributed by atoms with van der Waals surface area (Å²) in [7, 11) is 0. The van der Waals surface area contributed by atoms with Gasteiger partial charge in [-0.1, -0.05) is 36.5 Å². The van der Waals surface area contributed by atoms with Crippen LogP contribution >= 0.6 is 23.2 Å². The first-order valence-corrected chi connectivity index (χ1v) is 8.14. The van der Waals surface area contributed by atoms with Gasteiger partial charge in [-0.3, -0.25) is 4.79 Å². The van der Waals surface area contributed by atoms with E-state index in [1.807, 2.05) is 0 Å². The normalized spacial score (nSPS) is 25.6. The number of carbonyl (C=O) groups is 1. The molecule has 2 N–H and O–H groups in total. The Bertz CT molecular complexity index is 491. The van der Waals surface area contributed by atoms with Gasteiger partial charge in [0.2, 0.25) is 0 Å². The minimum Gasteiger partial charge on any atom is -0.388 e. The minimum absolute atomic E-state index is 0.259. The van der Waals surface area contributed by atoms with Crippen molar-refractivity contribution in [3.05, 3.63) is 33.8 Å². The molecule has 0 aliphatic heterocycles. The van der Waals surface area contributed by atoms with Crippen LogP contribution in [0.4, 0.5) is 0 Å². The Morgan fingerprint density at radius 3 is 2.38 bits per heavy atom. The summed E-state index contributed by atoms with van der Waals surface area (Å²) in [4.78, 5) is 12.1. The highest BCUT2D eigenvalue weighted by molar-refractivity contribution is 6.35. The zero-order chi connectivity index (χ0) is 15.5. The molecule has 1 saturated carbocycles. The van der Waals surface area contributed by atoms with Crippen LogP contribution in [0.25, 0.3) is 0 Å². The Morgan fingerprint density at radius 2 is 1.86 bits per heavy atom. The molecule has 21 heavy (non-hydrogen) atoms. The average molecular weight is 330 g/mol. The monoisotopic (exact) mass is 329 g/mol. The van der Waals surface area contributed by atoms with Crippen molar-refractivity contribution >= 4 is 29.1 Å². The third-order valence-corrected chi connectivity index (χ3v) is 4.75. The molecule has 2 rings (SSSR count). The van der Waals surface area contributed by atoms with Crippen LogP contribution < -0.4 is 5.32 Å². The van der Waals surface area contributed by atoms with Gasteiger partial charge in [0.1, 0.15) is 0 Å². The Kier molecular flexibility index (Phi) is 5.53. The van der Waals surface area contributed by atoms with E-state index in [0.29, 0.717) is 21.5 Å². The van der Waals surface area contributed by atoms with Crippen LogP contribution in [0.1, 0.15) is 49.4 Å². The van der Waals surface area contributed by atoms with E-state index in [9.17, 15) is 9.90 Å². The third-order valence-electron chi connectivity index (χ3n) is 4.32. The van der Waals surface area contributed by atoms with Crippen LogP contribution in [0.5, 0.6) is 0 Å². The number of amides is 1. The van der Waals surface area contributed by atoms with Crippen molar-refractivity contribution in [2.45, 2.75) is 44.6 Å². The van der Waals surface area contributed by atoms with Crippen molar-refractivity contribution in [3.8, 4) is 0 Å². The van der Waals surface area contributed by atoms with Crippen molar-refractivity contribution in [2.24, 2.45) is 5.92 Å². The SMILES string of the molecule is CCC1CCC(O)(CNC(=O)c2cc(Cl)cc(Cl)c2)CC1. The number of carbonyl (C=O) groups excluding carboxylic acids is 1. The summed E-state index contributed by atoms with van der Waals surface area (Å²) >= 11 is 11.8. The van der Waals surface area contributed by atoms with Crippen molar-refractivity contribution in [1.82, 2.24) is 5.32 Å². The van der Waals surface area contributed by atoms with Gasteiger partial charge < -0.3 is 10.4 Å². The summed E-state index contributed by atoms with van der Waals surface area (Å²) in [6.07, 6.45) is 4.67. The van der Waals surface area contributed by atoms with Crippen molar-refractivity contribution < 1.29 is 9.90 Å². The quantitative estimate of drug-likeness (QED) is 0.875. The molecule has 3 nitrogen and oxygen atoms in total. The van der Waals surface area contributed by atoms with Crippen molar-refractivity contribution in [3.63, 3.8) is 0 Å². The van der Waals surface area contributed by atoms with Gasteiger partial charge in [-0.2, -0.15) is 0 Å². The maximum atomic E-state index is 12.1. The lowest BCUT2D eigenvalue weighted by Gasteiger charge is -2.35. The third kappa shape index (κ3) is 4.60. The highest BCUT2D eigenvalue weighted by Gasteiger charge is 2.32. The van der Waals surface area contributed by atoms with E-state index >= 15 is 0 Å². The summed E-state index contributed by atoms with van der Waals surface area (Å²) in [6.45, 7) is 2.45. The van der Waals surface area contributed by atoms with Gasteiger partial charge in [-0.05, 0) is 49.8 Å². The highest BCUT2D eigenvalue weighted by atomic mass is 35.5. The van der Waals surface area contributed by atoms with Gasteiger partial charge >= 0.3 is 0 Å². The van der Waals surface area contributed by atoms with Crippen LogP contribution in [-0.4, -0.2) is 23.2 Å². The molecule has 1 aliphatic carbocycles. The second kappa shape index (κ2) is 6.99. The fourth-order valence-corrected chi connectivity index (χ4v) is 3.36. The smallest absolute Gasteiger partial charge is 0.251 e. The van der Waals surface area contributed by atoms with E-state index in [1.54, 1.807) is 18.2 Å². The van der Waals surface area contributed by atoms with Crippen molar-refractivity contribution in [1.29, 1.82) is 0 Å².